The Morgan fingerprint density at radius 2 is 2.18 bits per heavy atom. The predicted molar refractivity (Wildman–Crippen MR) is 70.6 cm³/mol. The summed E-state index contributed by atoms with van der Waals surface area (Å²) >= 11 is 3.43. The molecule has 1 aromatic carbocycles. The number of para-hydroxylation sites is 1. The van der Waals surface area contributed by atoms with Crippen LogP contribution in [0.1, 0.15) is 25.3 Å². The van der Waals surface area contributed by atoms with Crippen molar-refractivity contribution in [3.05, 3.63) is 23.8 Å². The molecule has 0 saturated carbocycles. The Hall–Kier alpha value is -1.21. The average molecular weight is 298 g/mol. The van der Waals surface area contributed by atoms with E-state index in [9.17, 15) is 0 Å². The molecule has 4 heteroatoms. The number of nitrogens with zero attached hydrogens (tertiary/aromatic N) is 1. The molecule has 0 heterocycles. The zero-order valence-electron chi connectivity index (χ0n) is 9.91. The first-order chi connectivity index (χ1) is 8.33. The maximum atomic E-state index is 8.47. The lowest BCUT2D eigenvalue weighted by molar-refractivity contribution is 0.272. The lowest BCUT2D eigenvalue weighted by Crippen LogP contribution is -2.03. The minimum Gasteiger partial charge on any atom is -0.490 e. The fraction of sp³-hybridized carbons (Fsp3) is 0.462. The standard InChI is InChI=1S/C13H16BrNO2/c1-2-16-12-7-5-6-11(10-14)13(12)17-9-4-3-8-15/h5-7H,2-4,9-10H2,1H3. The van der Waals surface area contributed by atoms with Crippen molar-refractivity contribution < 1.29 is 9.47 Å². The molecule has 0 unspecified atom stereocenters. The number of alkyl halides is 1. The summed E-state index contributed by atoms with van der Waals surface area (Å²) < 4.78 is 11.2. The number of unbranched alkanes of at least 4 members (excludes halogenated alkanes) is 1. The second-order valence-corrected chi connectivity index (χ2v) is 3.98. The van der Waals surface area contributed by atoms with Gasteiger partial charge in [0, 0.05) is 17.3 Å². The zero-order valence-corrected chi connectivity index (χ0v) is 11.5. The molecule has 1 aromatic rings. The molecule has 0 aromatic heterocycles. The highest BCUT2D eigenvalue weighted by atomic mass is 79.9. The topological polar surface area (TPSA) is 42.2 Å². The van der Waals surface area contributed by atoms with Gasteiger partial charge in [-0.3, -0.25) is 0 Å². The smallest absolute Gasteiger partial charge is 0.165 e. The number of ether oxygens (including phenoxy) is 2. The molecule has 0 radical (unpaired) electrons. The van der Waals surface area contributed by atoms with Gasteiger partial charge in [0.2, 0.25) is 0 Å². The molecular formula is C13H16BrNO2. The van der Waals surface area contributed by atoms with Gasteiger partial charge in [0.05, 0.1) is 19.3 Å². The van der Waals surface area contributed by atoms with Crippen molar-refractivity contribution in [2.24, 2.45) is 0 Å². The van der Waals surface area contributed by atoms with Crippen molar-refractivity contribution in [1.29, 1.82) is 5.26 Å². The normalized spacial score (nSPS) is 9.71. The maximum absolute atomic E-state index is 8.47. The highest BCUT2D eigenvalue weighted by Gasteiger charge is 2.09. The van der Waals surface area contributed by atoms with Crippen LogP contribution < -0.4 is 9.47 Å². The number of benzene rings is 1. The summed E-state index contributed by atoms with van der Waals surface area (Å²) in [7, 11) is 0. The van der Waals surface area contributed by atoms with E-state index in [0.717, 1.165) is 28.8 Å². The molecule has 0 spiro atoms. The Labute approximate surface area is 110 Å². The molecule has 0 N–H and O–H groups in total. The van der Waals surface area contributed by atoms with Crippen LogP contribution >= 0.6 is 15.9 Å². The van der Waals surface area contributed by atoms with Crippen LogP contribution in [-0.2, 0) is 5.33 Å². The first-order valence-electron chi connectivity index (χ1n) is 5.63. The molecule has 17 heavy (non-hydrogen) atoms. The van der Waals surface area contributed by atoms with Gasteiger partial charge in [-0.1, -0.05) is 28.1 Å². The fourth-order valence-corrected chi connectivity index (χ4v) is 1.87. The van der Waals surface area contributed by atoms with Crippen LogP contribution in [0.3, 0.4) is 0 Å². The molecule has 0 fully saturated rings. The number of hydrogen-bond donors (Lipinski definition) is 0. The number of nitriles is 1. The first-order valence-corrected chi connectivity index (χ1v) is 6.76. The first kappa shape index (κ1) is 13.9. The van der Waals surface area contributed by atoms with Crippen molar-refractivity contribution in [3.63, 3.8) is 0 Å². The van der Waals surface area contributed by atoms with Crippen LogP contribution in [0.5, 0.6) is 11.5 Å². The second kappa shape index (κ2) is 7.97. The van der Waals surface area contributed by atoms with E-state index in [2.05, 4.69) is 22.0 Å². The van der Waals surface area contributed by atoms with Crippen LogP contribution in [0.2, 0.25) is 0 Å². The van der Waals surface area contributed by atoms with E-state index in [1.54, 1.807) is 0 Å². The summed E-state index contributed by atoms with van der Waals surface area (Å²) in [5, 5.41) is 9.19. The van der Waals surface area contributed by atoms with Crippen LogP contribution in [0.4, 0.5) is 0 Å². The van der Waals surface area contributed by atoms with E-state index < -0.39 is 0 Å². The summed E-state index contributed by atoms with van der Waals surface area (Å²) in [5.74, 6) is 1.55. The molecule has 0 bridgehead atoms. The predicted octanol–water partition coefficient (Wildman–Crippen LogP) is 3.66. The molecule has 3 nitrogen and oxygen atoms in total. The monoisotopic (exact) mass is 297 g/mol. The molecule has 0 atom stereocenters. The highest BCUT2D eigenvalue weighted by Crippen LogP contribution is 2.32. The van der Waals surface area contributed by atoms with Crippen LogP contribution in [0.25, 0.3) is 0 Å². The largest absolute Gasteiger partial charge is 0.490 e. The van der Waals surface area contributed by atoms with Crippen LogP contribution in [-0.4, -0.2) is 13.2 Å². The summed E-state index contributed by atoms with van der Waals surface area (Å²) in [6.45, 7) is 3.10. The van der Waals surface area contributed by atoms with Gasteiger partial charge in [-0.2, -0.15) is 5.26 Å². The maximum Gasteiger partial charge on any atom is 0.165 e. The van der Waals surface area contributed by atoms with Crippen molar-refractivity contribution in [2.45, 2.75) is 25.1 Å². The third kappa shape index (κ3) is 4.27. The number of rotatable bonds is 7. The molecule has 92 valence electrons. The summed E-state index contributed by atoms with van der Waals surface area (Å²) in [6.07, 6.45) is 1.25. The van der Waals surface area contributed by atoms with Gasteiger partial charge in [-0.05, 0) is 19.4 Å². The Kier molecular flexibility index (Phi) is 6.49. The molecule has 0 aliphatic heterocycles. The second-order valence-electron chi connectivity index (χ2n) is 3.42. The van der Waals surface area contributed by atoms with Crippen molar-refractivity contribution in [1.82, 2.24) is 0 Å². The molecule has 0 amide bonds. The molecule has 1 rings (SSSR count). The van der Waals surface area contributed by atoms with E-state index in [1.807, 2.05) is 25.1 Å². The lowest BCUT2D eigenvalue weighted by atomic mass is 10.2. The Morgan fingerprint density at radius 3 is 2.82 bits per heavy atom. The van der Waals surface area contributed by atoms with E-state index >= 15 is 0 Å². The molecule has 0 aliphatic carbocycles. The summed E-state index contributed by atoms with van der Waals surface area (Å²) in [4.78, 5) is 0. The van der Waals surface area contributed by atoms with E-state index in [-0.39, 0.29) is 0 Å². The van der Waals surface area contributed by atoms with Gasteiger partial charge in [-0.25, -0.2) is 0 Å². The van der Waals surface area contributed by atoms with Crippen molar-refractivity contribution >= 4 is 15.9 Å². The SMILES string of the molecule is CCOc1cccc(CBr)c1OCCCC#N. The van der Waals surface area contributed by atoms with Gasteiger partial charge in [0.25, 0.3) is 0 Å². The van der Waals surface area contributed by atoms with Gasteiger partial charge < -0.3 is 9.47 Å². The summed E-state index contributed by atoms with van der Waals surface area (Å²) in [5.41, 5.74) is 1.06. The van der Waals surface area contributed by atoms with Gasteiger partial charge in [-0.15, -0.1) is 0 Å². The molecule has 0 aliphatic rings. The Balaban J connectivity index is 2.74. The van der Waals surface area contributed by atoms with Crippen molar-refractivity contribution in [2.75, 3.05) is 13.2 Å². The molecule has 0 saturated heterocycles. The quantitative estimate of drug-likeness (QED) is 0.570. The zero-order chi connectivity index (χ0) is 12.5. The van der Waals surface area contributed by atoms with Crippen molar-refractivity contribution in [3.8, 4) is 17.6 Å². The number of halogens is 1. The lowest BCUT2D eigenvalue weighted by Gasteiger charge is -2.14. The Morgan fingerprint density at radius 1 is 1.35 bits per heavy atom. The number of hydrogen-bond acceptors (Lipinski definition) is 3. The fourth-order valence-electron chi connectivity index (χ4n) is 1.42. The minimum atomic E-state index is 0.514. The van der Waals surface area contributed by atoms with Crippen LogP contribution in [0, 0.1) is 11.3 Å². The van der Waals surface area contributed by atoms with Gasteiger partial charge in [0.1, 0.15) is 0 Å². The minimum absolute atomic E-state index is 0.514. The van der Waals surface area contributed by atoms with Gasteiger partial charge in [0.15, 0.2) is 11.5 Å². The third-order valence-corrected chi connectivity index (χ3v) is 2.79. The Bertz CT molecular complexity index is 387. The van der Waals surface area contributed by atoms with E-state index in [0.29, 0.717) is 19.6 Å². The van der Waals surface area contributed by atoms with Crippen LogP contribution in [0.15, 0.2) is 18.2 Å². The van der Waals surface area contributed by atoms with Gasteiger partial charge >= 0.3 is 0 Å². The molecular weight excluding hydrogens is 282 g/mol. The van der Waals surface area contributed by atoms with E-state index in [1.165, 1.54) is 0 Å². The van der Waals surface area contributed by atoms with E-state index in [4.69, 9.17) is 14.7 Å². The average Bonchev–Trinajstić information content (AvgIpc) is 2.36. The summed E-state index contributed by atoms with van der Waals surface area (Å²) in [6, 6.07) is 7.94. The third-order valence-electron chi connectivity index (χ3n) is 2.18. The highest BCUT2D eigenvalue weighted by molar-refractivity contribution is 9.08.